The van der Waals surface area contributed by atoms with Gasteiger partial charge in [-0.25, -0.2) is 0 Å². The highest BCUT2D eigenvalue weighted by molar-refractivity contribution is 5.41. The Labute approximate surface area is 119 Å². The molecule has 2 aromatic rings. The fraction of sp³-hybridized carbons (Fsp3) is 0.500. The molecule has 0 bridgehead atoms. The topological polar surface area (TPSA) is 64.9 Å². The number of aromatic nitrogens is 4. The molecule has 0 fully saturated rings. The van der Waals surface area contributed by atoms with Crippen molar-refractivity contribution in [1.29, 1.82) is 0 Å². The van der Waals surface area contributed by atoms with Crippen LogP contribution in [0.25, 0.3) is 0 Å². The Morgan fingerprint density at radius 1 is 1.40 bits per heavy atom. The Hall–Kier alpha value is -1.95. The molecule has 2 aromatic heterocycles. The maximum absolute atomic E-state index is 5.42. The zero-order chi connectivity index (χ0) is 14.7. The summed E-state index contributed by atoms with van der Waals surface area (Å²) in [6.07, 6.45) is 3.54. The van der Waals surface area contributed by atoms with E-state index in [1.807, 2.05) is 31.7 Å². The smallest absolute Gasteiger partial charge is 0.149 e. The molecule has 0 aromatic carbocycles. The molecule has 20 heavy (non-hydrogen) atoms. The van der Waals surface area contributed by atoms with Crippen LogP contribution in [0.4, 0.5) is 0 Å². The van der Waals surface area contributed by atoms with Crippen molar-refractivity contribution >= 4 is 0 Å². The van der Waals surface area contributed by atoms with E-state index in [4.69, 9.17) is 4.74 Å². The second-order valence-electron chi connectivity index (χ2n) is 4.95. The minimum atomic E-state index is 0.107. The molecule has 1 atom stereocenters. The largest absolute Gasteiger partial charge is 0.496 e. The highest BCUT2D eigenvalue weighted by Gasteiger charge is 2.13. The fourth-order valence-corrected chi connectivity index (χ4v) is 2.27. The summed E-state index contributed by atoms with van der Waals surface area (Å²) in [4.78, 5) is 4.48. The number of ether oxygens (including phenoxy) is 1. The van der Waals surface area contributed by atoms with Crippen molar-refractivity contribution in [3.8, 4) is 5.75 Å². The van der Waals surface area contributed by atoms with E-state index in [0.29, 0.717) is 6.54 Å². The molecule has 1 N–H and O–H groups in total. The van der Waals surface area contributed by atoms with Crippen LogP contribution in [0, 0.1) is 13.8 Å². The van der Waals surface area contributed by atoms with Gasteiger partial charge in [-0.2, -0.15) is 0 Å². The lowest BCUT2D eigenvalue weighted by Gasteiger charge is -2.15. The molecule has 2 rings (SSSR count). The third-order valence-electron chi connectivity index (χ3n) is 3.46. The van der Waals surface area contributed by atoms with Crippen LogP contribution in [0.1, 0.15) is 35.6 Å². The summed E-state index contributed by atoms with van der Waals surface area (Å²) in [6, 6.07) is 0.107. The summed E-state index contributed by atoms with van der Waals surface area (Å²) in [5, 5.41) is 11.4. The second-order valence-corrected chi connectivity index (χ2v) is 4.95. The van der Waals surface area contributed by atoms with Crippen LogP contribution in [0.3, 0.4) is 0 Å². The number of nitrogens with one attached hydrogen (secondary N) is 1. The monoisotopic (exact) mass is 275 g/mol. The molecule has 0 aliphatic rings. The molecule has 1 unspecified atom stereocenters. The SMILES string of the molecule is COc1c(C)cnc(CNC(C)c2nncn2C)c1C. The normalized spacial score (nSPS) is 12.4. The van der Waals surface area contributed by atoms with Gasteiger partial charge in [0.2, 0.25) is 0 Å². The summed E-state index contributed by atoms with van der Waals surface area (Å²) in [6.45, 7) is 6.75. The van der Waals surface area contributed by atoms with Crippen LogP contribution in [0.2, 0.25) is 0 Å². The number of hydrogen-bond acceptors (Lipinski definition) is 5. The van der Waals surface area contributed by atoms with Gasteiger partial charge in [0.1, 0.15) is 17.9 Å². The number of rotatable bonds is 5. The molecule has 2 heterocycles. The van der Waals surface area contributed by atoms with Crippen LogP contribution in [-0.4, -0.2) is 26.9 Å². The molecular formula is C14H21N5O. The Morgan fingerprint density at radius 3 is 2.75 bits per heavy atom. The van der Waals surface area contributed by atoms with E-state index in [2.05, 4.69) is 27.4 Å². The first-order valence-corrected chi connectivity index (χ1v) is 6.61. The average Bonchev–Trinajstić information content (AvgIpc) is 2.84. The van der Waals surface area contributed by atoms with Gasteiger partial charge >= 0.3 is 0 Å². The molecule has 6 heteroatoms. The average molecular weight is 275 g/mol. The highest BCUT2D eigenvalue weighted by Crippen LogP contribution is 2.24. The van der Waals surface area contributed by atoms with Gasteiger partial charge in [-0.05, 0) is 20.8 Å². The van der Waals surface area contributed by atoms with Crippen molar-refractivity contribution in [2.75, 3.05) is 7.11 Å². The molecule has 6 nitrogen and oxygen atoms in total. The van der Waals surface area contributed by atoms with Crippen molar-refractivity contribution in [1.82, 2.24) is 25.1 Å². The Balaban J connectivity index is 2.10. The number of hydrogen-bond donors (Lipinski definition) is 1. The van der Waals surface area contributed by atoms with E-state index < -0.39 is 0 Å². The lowest BCUT2D eigenvalue weighted by molar-refractivity contribution is 0.406. The quantitative estimate of drug-likeness (QED) is 0.899. The highest BCUT2D eigenvalue weighted by atomic mass is 16.5. The van der Waals surface area contributed by atoms with E-state index in [1.165, 1.54) is 0 Å². The first-order valence-electron chi connectivity index (χ1n) is 6.61. The van der Waals surface area contributed by atoms with Crippen molar-refractivity contribution in [3.05, 3.63) is 35.2 Å². The number of pyridine rings is 1. The number of aryl methyl sites for hydroxylation is 2. The van der Waals surface area contributed by atoms with Gasteiger partial charge in [-0.3, -0.25) is 4.98 Å². The third kappa shape index (κ3) is 2.80. The van der Waals surface area contributed by atoms with E-state index >= 15 is 0 Å². The Bertz CT molecular complexity index is 593. The molecule has 0 aliphatic heterocycles. The molecule has 0 saturated heterocycles. The second kappa shape index (κ2) is 6.00. The van der Waals surface area contributed by atoms with E-state index in [-0.39, 0.29) is 6.04 Å². The predicted octanol–water partition coefficient (Wildman–Crippen LogP) is 1.69. The van der Waals surface area contributed by atoms with Crippen molar-refractivity contribution in [3.63, 3.8) is 0 Å². The Morgan fingerprint density at radius 2 is 2.15 bits per heavy atom. The molecule has 0 amide bonds. The number of nitrogens with zero attached hydrogens (tertiary/aromatic N) is 4. The van der Waals surface area contributed by atoms with Gasteiger partial charge in [0.25, 0.3) is 0 Å². The zero-order valence-electron chi connectivity index (χ0n) is 12.6. The summed E-state index contributed by atoms with van der Waals surface area (Å²) >= 11 is 0. The minimum Gasteiger partial charge on any atom is -0.496 e. The summed E-state index contributed by atoms with van der Waals surface area (Å²) < 4.78 is 7.33. The van der Waals surface area contributed by atoms with Crippen LogP contribution in [-0.2, 0) is 13.6 Å². The van der Waals surface area contributed by atoms with Crippen LogP contribution < -0.4 is 10.1 Å². The summed E-state index contributed by atoms with van der Waals surface area (Å²) in [5.74, 6) is 1.81. The van der Waals surface area contributed by atoms with Crippen molar-refractivity contribution in [2.24, 2.45) is 7.05 Å². The van der Waals surface area contributed by atoms with Crippen LogP contribution in [0.15, 0.2) is 12.5 Å². The van der Waals surface area contributed by atoms with Gasteiger partial charge in [-0.1, -0.05) is 0 Å². The van der Waals surface area contributed by atoms with Gasteiger partial charge in [0.05, 0.1) is 18.8 Å². The van der Waals surface area contributed by atoms with E-state index in [0.717, 1.165) is 28.4 Å². The van der Waals surface area contributed by atoms with Gasteiger partial charge in [-0.15, -0.1) is 10.2 Å². The fourth-order valence-electron chi connectivity index (χ4n) is 2.27. The molecule has 0 saturated carbocycles. The predicted molar refractivity (Wildman–Crippen MR) is 76.5 cm³/mol. The van der Waals surface area contributed by atoms with Gasteiger partial charge in [0, 0.05) is 30.9 Å². The maximum Gasteiger partial charge on any atom is 0.149 e. The summed E-state index contributed by atoms with van der Waals surface area (Å²) in [7, 11) is 3.63. The Kier molecular flexibility index (Phi) is 4.34. The lowest BCUT2D eigenvalue weighted by Crippen LogP contribution is -2.22. The molecule has 108 valence electrons. The first-order chi connectivity index (χ1) is 9.54. The third-order valence-corrected chi connectivity index (χ3v) is 3.46. The molecule has 0 aliphatic carbocycles. The van der Waals surface area contributed by atoms with Gasteiger partial charge < -0.3 is 14.6 Å². The van der Waals surface area contributed by atoms with Crippen LogP contribution >= 0.6 is 0 Å². The van der Waals surface area contributed by atoms with Crippen molar-refractivity contribution < 1.29 is 4.74 Å². The van der Waals surface area contributed by atoms with E-state index in [1.54, 1.807) is 13.4 Å². The number of methoxy groups -OCH3 is 1. The molecule has 0 radical (unpaired) electrons. The van der Waals surface area contributed by atoms with Gasteiger partial charge in [0.15, 0.2) is 0 Å². The van der Waals surface area contributed by atoms with E-state index in [9.17, 15) is 0 Å². The standard InChI is InChI=1S/C14H21N5O/c1-9-6-16-12(10(2)13(9)20-5)7-15-11(3)14-18-17-8-19(14)4/h6,8,11,15H,7H2,1-5H3. The molecular weight excluding hydrogens is 254 g/mol. The summed E-state index contributed by atoms with van der Waals surface area (Å²) in [5.41, 5.74) is 3.11. The minimum absolute atomic E-state index is 0.107. The molecule has 0 spiro atoms. The maximum atomic E-state index is 5.42. The zero-order valence-corrected chi connectivity index (χ0v) is 12.6. The first kappa shape index (κ1) is 14.5. The van der Waals surface area contributed by atoms with Crippen molar-refractivity contribution in [2.45, 2.75) is 33.4 Å². The van der Waals surface area contributed by atoms with Crippen LogP contribution in [0.5, 0.6) is 5.75 Å². The lowest BCUT2D eigenvalue weighted by atomic mass is 10.1.